The number of aromatic nitrogens is 1. The summed E-state index contributed by atoms with van der Waals surface area (Å²) in [6.07, 6.45) is 0. The zero-order chi connectivity index (χ0) is 38.1. The molecule has 0 fully saturated rings. The highest BCUT2D eigenvalue weighted by molar-refractivity contribution is 7.26. The Labute approximate surface area is 307 Å². The average Bonchev–Trinajstić information content (AvgIpc) is 3.79. The number of benzene rings is 8. The molecular weight excluding hydrogens is 637 g/mol. The van der Waals surface area contributed by atoms with E-state index in [1.54, 1.807) is 4.57 Å². The van der Waals surface area contributed by atoms with Gasteiger partial charge in [-0.25, -0.2) is 0 Å². The Morgan fingerprint density at radius 2 is 1.04 bits per heavy atom. The summed E-state index contributed by atoms with van der Waals surface area (Å²) in [4.78, 5) is 2.34. The van der Waals surface area contributed by atoms with Gasteiger partial charge >= 0.3 is 0 Å². The second kappa shape index (κ2) is 12.2. The fourth-order valence-electron chi connectivity index (χ4n) is 7.32. The van der Waals surface area contributed by atoms with Crippen LogP contribution in [-0.4, -0.2) is 4.57 Å². The van der Waals surface area contributed by atoms with Crippen molar-refractivity contribution in [2.75, 3.05) is 4.90 Å². The number of fused-ring (bicyclic) bond motifs is 6. The van der Waals surface area contributed by atoms with E-state index < -0.39 is 6.04 Å². The van der Waals surface area contributed by atoms with Gasteiger partial charge in [0.25, 0.3) is 0 Å². The van der Waals surface area contributed by atoms with Crippen molar-refractivity contribution >= 4 is 70.4 Å². The Morgan fingerprint density at radius 1 is 0.451 bits per heavy atom. The molecule has 2 nitrogen and oxygen atoms in total. The van der Waals surface area contributed by atoms with E-state index in [0.29, 0.717) is 0 Å². The van der Waals surface area contributed by atoms with Crippen LogP contribution in [0.2, 0.25) is 0 Å². The molecule has 10 rings (SSSR count). The number of para-hydroxylation sites is 2. The molecule has 240 valence electrons. The van der Waals surface area contributed by atoms with Gasteiger partial charge in [0.1, 0.15) is 0 Å². The molecule has 0 bridgehead atoms. The topological polar surface area (TPSA) is 8.17 Å². The second-order valence-corrected chi connectivity index (χ2v) is 13.7. The monoisotopic (exact) mass is 673 g/mol. The van der Waals surface area contributed by atoms with Gasteiger partial charge in [-0.15, -0.1) is 11.3 Å². The predicted molar refractivity (Wildman–Crippen MR) is 219 cm³/mol. The SMILES string of the molecule is [2H]c1c([2H])c([2H])c(-n2c3ccccc3c3cc(-c4ccc(N(c5ccc(-c6ccccc6)cc5)c5cccc6c5sc5ccccc56)cc4)ccc32)c([2H])c1[2H]. The summed E-state index contributed by atoms with van der Waals surface area (Å²) in [7, 11) is 0. The van der Waals surface area contributed by atoms with Gasteiger partial charge in [0, 0.05) is 43.3 Å². The zero-order valence-electron chi connectivity index (χ0n) is 32.4. The first-order valence-electron chi connectivity index (χ1n) is 19.4. The number of rotatable bonds is 6. The molecule has 0 amide bonds. The molecule has 2 heterocycles. The van der Waals surface area contributed by atoms with Gasteiger partial charge in [0.15, 0.2) is 0 Å². The lowest BCUT2D eigenvalue weighted by Crippen LogP contribution is -2.10. The number of anilines is 3. The van der Waals surface area contributed by atoms with E-state index in [-0.39, 0.29) is 29.9 Å². The second-order valence-electron chi connectivity index (χ2n) is 12.6. The zero-order valence-corrected chi connectivity index (χ0v) is 28.2. The highest BCUT2D eigenvalue weighted by Crippen LogP contribution is 2.45. The van der Waals surface area contributed by atoms with Gasteiger partial charge < -0.3 is 9.47 Å². The molecule has 0 atom stereocenters. The van der Waals surface area contributed by atoms with E-state index in [1.165, 1.54) is 25.7 Å². The van der Waals surface area contributed by atoms with E-state index in [0.717, 1.165) is 55.6 Å². The number of thiophene rings is 1. The number of hydrogen-bond acceptors (Lipinski definition) is 2. The molecule has 0 spiro atoms. The Bertz CT molecular complexity index is 3100. The van der Waals surface area contributed by atoms with Gasteiger partial charge in [0.05, 0.1) is 28.3 Å². The van der Waals surface area contributed by atoms with E-state index in [9.17, 15) is 0 Å². The molecule has 0 saturated heterocycles. The van der Waals surface area contributed by atoms with Crippen LogP contribution in [-0.2, 0) is 0 Å². The summed E-state index contributed by atoms with van der Waals surface area (Å²) in [5.41, 5.74) is 9.28. The Morgan fingerprint density at radius 3 is 1.80 bits per heavy atom. The fraction of sp³-hybridized carbons (Fsp3) is 0. The predicted octanol–water partition coefficient (Wildman–Crippen LogP) is 14.0. The van der Waals surface area contributed by atoms with E-state index in [1.807, 2.05) is 53.8 Å². The molecule has 0 aliphatic heterocycles. The van der Waals surface area contributed by atoms with Crippen LogP contribution >= 0.6 is 11.3 Å². The van der Waals surface area contributed by atoms with Gasteiger partial charge in [0.2, 0.25) is 0 Å². The van der Waals surface area contributed by atoms with Gasteiger partial charge in [-0.3, -0.25) is 0 Å². The third kappa shape index (κ3) is 5.01. The average molecular weight is 674 g/mol. The largest absolute Gasteiger partial charge is 0.309 e. The minimum atomic E-state index is -0.404. The summed E-state index contributed by atoms with van der Waals surface area (Å²) in [6.45, 7) is 0. The third-order valence-corrected chi connectivity index (χ3v) is 10.9. The maximum absolute atomic E-state index is 8.74. The number of hydrogen-bond donors (Lipinski definition) is 0. The Balaban J connectivity index is 1.10. The fourth-order valence-corrected chi connectivity index (χ4v) is 8.53. The van der Waals surface area contributed by atoms with Crippen LogP contribution in [0.1, 0.15) is 6.85 Å². The standard InChI is InChI=1S/C48H32N2S/c1-3-12-33(13-4-1)34-22-27-38(28-23-34)49(46-20-11-18-42-41-17-8-10-21-47(41)51-48(42)46)39-29-24-35(25-30-39)36-26-31-45-43(32-36)40-16-7-9-19-44(40)50(45)37-14-5-2-6-15-37/h1-32H/i2D,5D,6D,14D,15D. The molecule has 0 aliphatic rings. The van der Waals surface area contributed by atoms with E-state index >= 15 is 0 Å². The van der Waals surface area contributed by atoms with Crippen molar-refractivity contribution in [3.8, 4) is 27.9 Å². The molecule has 10 aromatic rings. The van der Waals surface area contributed by atoms with Crippen LogP contribution in [0, 0.1) is 0 Å². The van der Waals surface area contributed by atoms with Gasteiger partial charge in [-0.05, 0) is 88.9 Å². The first kappa shape index (κ1) is 24.7. The van der Waals surface area contributed by atoms with E-state index in [2.05, 4.69) is 126 Å². The van der Waals surface area contributed by atoms with Crippen molar-refractivity contribution in [1.82, 2.24) is 4.57 Å². The smallest absolute Gasteiger partial charge is 0.0645 e. The summed E-state index contributed by atoms with van der Waals surface area (Å²) in [5.74, 6) is 0. The molecule has 8 aromatic carbocycles. The summed E-state index contributed by atoms with van der Waals surface area (Å²) in [6, 6.07) is 55.4. The van der Waals surface area contributed by atoms with E-state index in [4.69, 9.17) is 6.85 Å². The summed E-state index contributed by atoms with van der Waals surface area (Å²) < 4.78 is 46.6. The molecular formula is C48H32N2S. The van der Waals surface area contributed by atoms with Crippen LogP contribution in [0.15, 0.2) is 194 Å². The molecule has 0 radical (unpaired) electrons. The van der Waals surface area contributed by atoms with Crippen molar-refractivity contribution in [3.63, 3.8) is 0 Å². The third-order valence-electron chi connectivity index (χ3n) is 9.70. The van der Waals surface area contributed by atoms with Crippen LogP contribution in [0.4, 0.5) is 17.1 Å². The maximum atomic E-state index is 8.74. The molecule has 51 heavy (non-hydrogen) atoms. The number of nitrogens with zero attached hydrogens (tertiary/aromatic N) is 2. The molecule has 0 N–H and O–H groups in total. The van der Waals surface area contributed by atoms with Crippen LogP contribution in [0.3, 0.4) is 0 Å². The van der Waals surface area contributed by atoms with Crippen LogP contribution < -0.4 is 4.90 Å². The van der Waals surface area contributed by atoms with Crippen molar-refractivity contribution in [2.45, 2.75) is 0 Å². The quantitative estimate of drug-likeness (QED) is 0.171. The van der Waals surface area contributed by atoms with Crippen LogP contribution in [0.5, 0.6) is 0 Å². The van der Waals surface area contributed by atoms with Crippen molar-refractivity contribution < 1.29 is 6.85 Å². The molecule has 3 heteroatoms. The molecule has 0 aliphatic carbocycles. The Hall–Kier alpha value is -6.42. The summed E-state index contributed by atoms with van der Waals surface area (Å²) >= 11 is 1.81. The van der Waals surface area contributed by atoms with Gasteiger partial charge in [-0.2, -0.15) is 0 Å². The first-order valence-corrected chi connectivity index (χ1v) is 17.8. The first-order chi connectivity index (χ1) is 27.4. The lowest BCUT2D eigenvalue weighted by molar-refractivity contribution is 1.18. The Kier molecular flexibility index (Phi) is 5.89. The highest BCUT2D eigenvalue weighted by atomic mass is 32.1. The van der Waals surface area contributed by atoms with Crippen molar-refractivity contribution in [1.29, 1.82) is 0 Å². The highest BCUT2D eigenvalue weighted by Gasteiger charge is 2.19. The molecule has 0 saturated carbocycles. The van der Waals surface area contributed by atoms with Crippen LogP contribution in [0.25, 0.3) is 69.9 Å². The van der Waals surface area contributed by atoms with Crippen molar-refractivity contribution in [3.05, 3.63) is 194 Å². The summed E-state index contributed by atoms with van der Waals surface area (Å²) in [5, 5.41) is 4.37. The lowest BCUT2D eigenvalue weighted by atomic mass is 10.0. The maximum Gasteiger partial charge on any atom is 0.0645 e. The minimum absolute atomic E-state index is 0.143. The van der Waals surface area contributed by atoms with Gasteiger partial charge in [-0.1, -0.05) is 127 Å². The minimum Gasteiger partial charge on any atom is -0.309 e. The molecule has 0 unspecified atom stereocenters. The normalized spacial score (nSPS) is 12.9. The van der Waals surface area contributed by atoms with Crippen molar-refractivity contribution in [2.24, 2.45) is 0 Å². The lowest BCUT2D eigenvalue weighted by Gasteiger charge is -2.26. The molecule has 2 aromatic heterocycles.